The molecule has 1 atom stereocenters. The fraction of sp³-hybridized carbons (Fsp3) is 0.667. The van der Waals surface area contributed by atoms with Crippen LogP contribution in [0.25, 0.3) is 0 Å². The summed E-state index contributed by atoms with van der Waals surface area (Å²) in [5.74, 6) is -0.626. The van der Waals surface area contributed by atoms with Gasteiger partial charge in [-0.1, -0.05) is 26.7 Å². The standard InChI is InChI=1S/C18H27F2N/c1-3-5-10-18(4-2,13-21-16-7-8-16)12-14-11-15(19)6-9-17(14)20/h6,9,11,16,21H,3-5,7-8,10,12-13H2,1-2H3. The Labute approximate surface area is 127 Å². The summed E-state index contributed by atoms with van der Waals surface area (Å²) in [6, 6.07) is 4.46. The van der Waals surface area contributed by atoms with E-state index in [9.17, 15) is 8.78 Å². The van der Waals surface area contributed by atoms with Crippen LogP contribution in [-0.4, -0.2) is 12.6 Å². The zero-order valence-corrected chi connectivity index (χ0v) is 13.2. The molecular weight excluding hydrogens is 268 g/mol. The topological polar surface area (TPSA) is 12.0 Å². The predicted molar refractivity (Wildman–Crippen MR) is 83.3 cm³/mol. The van der Waals surface area contributed by atoms with Gasteiger partial charge in [-0.2, -0.15) is 0 Å². The first-order valence-electron chi connectivity index (χ1n) is 8.26. The second kappa shape index (κ2) is 7.35. The summed E-state index contributed by atoms with van der Waals surface area (Å²) in [5, 5.41) is 3.60. The van der Waals surface area contributed by atoms with Crippen molar-refractivity contribution >= 4 is 0 Å². The van der Waals surface area contributed by atoms with Crippen LogP contribution in [0.5, 0.6) is 0 Å². The highest BCUT2D eigenvalue weighted by Gasteiger charge is 2.31. The molecule has 1 aromatic carbocycles. The number of benzene rings is 1. The van der Waals surface area contributed by atoms with Crippen molar-refractivity contribution in [2.75, 3.05) is 6.54 Å². The second-order valence-electron chi connectivity index (χ2n) is 6.52. The van der Waals surface area contributed by atoms with E-state index in [2.05, 4.69) is 19.2 Å². The Morgan fingerprint density at radius 3 is 2.62 bits per heavy atom. The number of unbranched alkanes of at least 4 members (excludes halogenated alkanes) is 1. The molecule has 1 N–H and O–H groups in total. The zero-order valence-electron chi connectivity index (χ0n) is 13.2. The molecule has 118 valence electrons. The van der Waals surface area contributed by atoms with Crippen molar-refractivity contribution in [3.63, 3.8) is 0 Å². The van der Waals surface area contributed by atoms with Crippen molar-refractivity contribution in [2.24, 2.45) is 5.41 Å². The van der Waals surface area contributed by atoms with Crippen molar-refractivity contribution in [3.05, 3.63) is 35.4 Å². The van der Waals surface area contributed by atoms with E-state index in [0.717, 1.165) is 32.2 Å². The average molecular weight is 295 g/mol. The molecule has 1 aromatic rings. The van der Waals surface area contributed by atoms with E-state index in [4.69, 9.17) is 0 Å². The smallest absolute Gasteiger partial charge is 0.126 e. The van der Waals surface area contributed by atoms with Gasteiger partial charge in [0.25, 0.3) is 0 Å². The third-order valence-electron chi connectivity index (χ3n) is 4.73. The van der Waals surface area contributed by atoms with Crippen LogP contribution in [0.1, 0.15) is 57.9 Å². The van der Waals surface area contributed by atoms with Crippen LogP contribution in [0.2, 0.25) is 0 Å². The molecule has 3 heteroatoms. The quantitative estimate of drug-likeness (QED) is 0.687. The minimum Gasteiger partial charge on any atom is -0.313 e. The Morgan fingerprint density at radius 2 is 2.00 bits per heavy atom. The molecule has 0 heterocycles. The van der Waals surface area contributed by atoms with E-state index < -0.39 is 0 Å². The van der Waals surface area contributed by atoms with E-state index in [1.54, 1.807) is 0 Å². The van der Waals surface area contributed by atoms with Crippen LogP contribution in [0.3, 0.4) is 0 Å². The lowest BCUT2D eigenvalue weighted by atomic mass is 9.75. The van der Waals surface area contributed by atoms with Gasteiger partial charge in [-0.25, -0.2) is 8.78 Å². The fourth-order valence-corrected chi connectivity index (χ4v) is 2.95. The molecule has 21 heavy (non-hydrogen) atoms. The monoisotopic (exact) mass is 295 g/mol. The van der Waals surface area contributed by atoms with Gasteiger partial charge in [0.05, 0.1) is 0 Å². The van der Waals surface area contributed by atoms with Gasteiger partial charge in [-0.05, 0) is 61.3 Å². The van der Waals surface area contributed by atoms with Crippen molar-refractivity contribution in [2.45, 2.75) is 64.8 Å². The lowest BCUT2D eigenvalue weighted by molar-refractivity contribution is 0.225. The molecule has 0 spiro atoms. The number of rotatable bonds is 9. The molecule has 0 bridgehead atoms. The Balaban J connectivity index is 2.13. The summed E-state index contributed by atoms with van der Waals surface area (Å²) >= 11 is 0. The highest BCUT2D eigenvalue weighted by Crippen LogP contribution is 2.34. The Hall–Kier alpha value is -0.960. The molecule has 1 unspecified atom stereocenters. The summed E-state index contributed by atoms with van der Waals surface area (Å²) in [7, 11) is 0. The molecule has 1 aliphatic carbocycles. The van der Waals surface area contributed by atoms with Crippen molar-refractivity contribution in [1.29, 1.82) is 0 Å². The Morgan fingerprint density at radius 1 is 1.24 bits per heavy atom. The molecule has 0 aliphatic heterocycles. The van der Waals surface area contributed by atoms with E-state index in [-0.39, 0.29) is 17.0 Å². The Kier molecular flexibility index (Phi) is 5.74. The van der Waals surface area contributed by atoms with Gasteiger partial charge in [-0.3, -0.25) is 0 Å². The number of halogens is 2. The SMILES string of the molecule is CCCCC(CC)(CNC1CC1)Cc1cc(F)ccc1F. The molecule has 0 radical (unpaired) electrons. The van der Waals surface area contributed by atoms with Gasteiger partial charge in [0.2, 0.25) is 0 Å². The Bertz CT molecular complexity index is 457. The largest absolute Gasteiger partial charge is 0.313 e. The summed E-state index contributed by atoms with van der Waals surface area (Å²) in [5.41, 5.74) is 0.554. The van der Waals surface area contributed by atoms with E-state index in [1.807, 2.05) is 0 Å². The molecule has 2 rings (SSSR count). The summed E-state index contributed by atoms with van der Waals surface area (Å²) in [4.78, 5) is 0. The van der Waals surface area contributed by atoms with Gasteiger partial charge < -0.3 is 5.32 Å². The third-order valence-corrected chi connectivity index (χ3v) is 4.73. The molecule has 1 nitrogen and oxygen atoms in total. The zero-order chi connectivity index (χ0) is 15.3. The van der Waals surface area contributed by atoms with Crippen LogP contribution in [0, 0.1) is 17.0 Å². The van der Waals surface area contributed by atoms with Gasteiger partial charge in [0.1, 0.15) is 11.6 Å². The predicted octanol–water partition coefficient (Wildman–Crippen LogP) is 4.85. The van der Waals surface area contributed by atoms with Crippen molar-refractivity contribution < 1.29 is 8.78 Å². The van der Waals surface area contributed by atoms with Gasteiger partial charge in [0.15, 0.2) is 0 Å². The van der Waals surface area contributed by atoms with E-state index in [0.29, 0.717) is 18.0 Å². The molecule has 0 saturated heterocycles. The van der Waals surface area contributed by atoms with Gasteiger partial charge in [0, 0.05) is 12.6 Å². The highest BCUT2D eigenvalue weighted by atomic mass is 19.1. The van der Waals surface area contributed by atoms with Crippen LogP contribution in [0.4, 0.5) is 8.78 Å². The lowest BCUT2D eigenvalue weighted by Gasteiger charge is -2.34. The maximum atomic E-state index is 14.0. The second-order valence-corrected chi connectivity index (χ2v) is 6.52. The van der Waals surface area contributed by atoms with Gasteiger partial charge >= 0.3 is 0 Å². The molecule has 1 fully saturated rings. The minimum atomic E-state index is -0.345. The molecule has 0 aromatic heterocycles. The first kappa shape index (κ1) is 16.4. The molecular formula is C18H27F2N. The first-order valence-corrected chi connectivity index (χ1v) is 8.26. The van der Waals surface area contributed by atoms with Crippen LogP contribution in [0.15, 0.2) is 18.2 Å². The summed E-state index contributed by atoms with van der Waals surface area (Å²) in [6.45, 7) is 5.25. The van der Waals surface area contributed by atoms with E-state index >= 15 is 0 Å². The average Bonchev–Trinajstić information content (AvgIpc) is 3.30. The summed E-state index contributed by atoms with van der Waals surface area (Å²) in [6.07, 6.45) is 7.45. The molecule has 1 aliphatic rings. The maximum Gasteiger partial charge on any atom is 0.126 e. The van der Waals surface area contributed by atoms with Crippen LogP contribution < -0.4 is 5.32 Å². The third kappa shape index (κ3) is 4.77. The van der Waals surface area contributed by atoms with Crippen molar-refractivity contribution in [3.8, 4) is 0 Å². The first-order chi connectivity index (χ1) is 10.1. The van der Waals surface area contributed by atoms with Crippen molar-refractivity contribution in [1.82, 2.24) is 5.32 Å². The molecule has 1 saturated carbocycles. The fourth-order valence-electron chi connectivity index (χ4n) is 2.95. The maximum absolute atomic E-state index is 14.0. The summed E-state index contributed by atoms with van der Waals surface area (Å²) < 4.78 is 27.4. The van der Waals surface area contributed by atoms with Gasteiger partial charge in [-0.15, -0.1) is 0 Å². The van der Waals surface area contributed by atoms with E-state index in [1.165, 1.54) is 31.0 Å². The minimum absolute atomic E-state index is 0.0350. The lowest BCUT2D eigenvalue weighted by Crippen LogP contribution is -2.37. The number of nitrogens with one attached hydrogen (secondary N) is 1. The molecule has 0 amide bonds. The van der Waals surface area contributed by atoms with Crippen LogP contribution in [-0.2, 0) is 6.42 Å². The highest BCUT2D eigenvalue weighted by molar-refractivity contribution is 5.20. The number of hydrogen-bond acceptors (Lipinski definition) is 1. The number of hydrogen-bond donors (Lipinski definition) is 1. The normalized spacial score (nSPS) is 17.7. The van der Waals surface area contributed by atoms with Crippen LogP contribution >= 0.6 is 0 Å².